The van der Waals surface area contributed by atoms with Crippen LogP contribution in [0.2, 0.25) is 0 Å². The maximum absolute atomic E-state index is 12.2. The van der Waals surface area contributed by atoms with Crippen molar-refractivity contribution < 1.29 is 19.1 Å². The fourth-order valence-electron chi connectivity index (χ4n) is 3.09. The Morgan fingerprint density at radius 3 is 2.61 bits per heavy atom. The number of aryl methyl sites for hydroxylation is 1. The molecule has 0 saturated carbocycles. The van der Waals surface area contributed by atoms with Gasteiger partial charge in [-0.05, 0) is 69.4 Å². The highest BCUT2D eigenvalue weighted by atomic mass is 32.1. The van der Waals surface area contributed by atoms with E-state index in [0.29, 0.717) is 21.9 Å². The highest BCUT2D eigenvalue weighted by Gasteiger charge is 2.22. The lowest BCUT2D eigenvalue weighted by Crippen LogP contribution is -2.21. The molecule has 0 saturated heterocycles. The summed E-state index contributed by atoms with van der Waals surface area (Å²) in [5.74, 6) is -0.379. The molecule has 1 aromatic carbocycles. The number of thiophene rings is 1. The van der Waals surface area contributed by atoms with Crippen LogP contribution in [0, 0.1) is 11.3 Å². The van der Waals surface area contributed by atoms with Crippen molar-refractivity contribution in [3.63, 3.8) is 0 Å². The first-order valence-corrected chi connectivity index (χ1v) is 10.1. The molecule has 0 bridgehead atoms. The molecule has 1 N–H and O–H groups in total. The van der Waals surface area contributed by atoms with E-state index in [9.17, 15) is 14.9 Å². The van der Waals surface area contributed by atoms with E-state index in [1.54, 1.807) is 24.3 Å². The number of fused-ring (bicyclic) bond motifs is 1. The summed E-state index contributed by atoms with van der Waals surface area (Å²) in [5.41, 5.74) is 1.93. The van der Waals surface area contributed by atoms with Crippen LogP contribution in [-0.4, -0.2) is 24.6 Å². The summed E-state index contributed by atoms with van der Waals surface area (Å²) in [4.78, 5) is 25.5. The molecule has 1 amide bonds. The number of hydrogen-bond acceptors (Lipinski definition) is 6. The van der Waals surface area contributed by atoms with Gasteiger partial charge in [-0.15, -0.1) is 11.3 Å². The number of carbonyl (C=O) groups excluding carboxylic acids is 2. The Morgan fingerprint density at radius 1 is 1.21 bits per heavy atom. The number of anilines is 1. The third-order valence-corrected chi connectivity index (χ3v) is 5.54. The largest absolute Gasteiger partial charge is 0.491 e. The quantitative estimate of drug-likeness (QED) is 0.741. The van der Waals surface area contributed by atoms with E-state index >= 15 is 0 Å². The lowest BCUT2D eigenvalue weighted by atomic mass is 9.96. The number of nitrogens with zero attached hydrogens (tertiary/aromatic N) is 1. The third kappa shape index (κ3) is 4.70. The van der Waals surface area contributed by atoms with Gasteiger partial charge in [-0.2, -0.15) is 5.26 Å². The average molecular weight is 398 g/mol. The number of ether oxygens (including phenoxy) is 2. The van der Waals surface area contributed by atoms with Crippen LogP contribution in [0.3, 0.4) is 0 Å². The van der Waals surface area contributed by atoms with Gasteiger partial charge in [0.1, 0.15) is 16.8 Å². The predicted octanol–water partition coefficient (Wildman–Crippen LogP) is 4.08. The van der Waals surface area contributed by atoms with Gasteiger partial charge in [-0.25, -0.2) is 4.79 Å². The van der Waals surface area contributed by atoms with E-state index in [2.05, 4.69) is 11.4 Å². The molecular formula is C21H22N2O4S. The summed E-state index contributed by atoms with van der Waals surface area (Å²) in [5, 5.41) is 12.7. The molecule has 0 unspecified atom stereocenters. The molecule has 0 atom stereocenters. The summed E-state index contributed by atoms with van der Waals surface area (Å²) in [6.45, 7) is 3.43. The second kappa shape index (κ2) is 8.89. The fraction of sp³-hybridized carbons (Fsp3) is 0.381. The van der Waals surface area contributed by atoms with Crippen molar-refractivity contribution in [1.29, 1.82) is 5.26 Å². The molecule has 1 aliphatic rings. The topological polar surface area (TPSA) is 88.4 Å². The highest BCUT2D eigenvalue weighted by Crippen LogP contribution is 2.37. The predicted molar refractivity (Wildman–Crippen MR) is 107 cm³/mol. The van der Waals surface area contributed by atoms with Crippen molar-refractivity contribution >= 4 is 28.2 Å². The molecule has 0 aliphatic heterocycles. The number of nitrogens with one attached hydrogen (secondary N) is 1. The molecular weight excluding hydrogens is 376 g/mol. The Bertz CT molecular complexity index is 910. The third-order valence-electron chi connectivity index (χ3n) is 4.33. The second-order valence-corrected chi connectivity index (χ2v) is 7.95. The molecule has 146 valence electrons. The van der Waals surface area contributed by atoms with E-state index < -0.39 is 18.5 Å². The lowest BCUT2D eigenvalue weighted by molar-refractivity contribution is -0.119. The summed E-state index contributed by atoms with van der Waals surface area (Å²) >= 11 is 1.44. The number of hydrogen-bond donors (Lipinski definition) is 1. The van der Waals surface area contributed by atoms with E-state index in [4.69, 9.17) is 9.47 Å². The van der Waals surface area contributed by atoms with E-state index in [1.807, 2.05) is 13.8 Å². The number of carbonyl (C=O) groups is 2. The zero-order valence-electron chi connectivity index (χ0n) is 15.9. The lowest BCUT2D eigenvalue weighted by Gasteiger charge is -2.10. The van der Waals surface area contributed by atoms with Gasteiger partial charge < -0.3 is 14.8 Å². The molecule has 0 radical (unpaired) electrons. The van der Waals surface area contributed by atoms with Crippen molar-refractivity contribution in [3.05, 3.63) is 45.8 Å². The zero-order valence-corrected chi connectivity index (χ0v) is 16.7. The first-order chi connectivity index (χ1) is 13.5. The van der Waals surface area contributed by atoms with E-state index in [0.717, 1.165) is 31.2 Å². The van der Waals surface area contributed by atoms with Crippen molar-refractivity contribution in [1.82, 2.24) is 0 Å². The summed E-state index contributed by atoms with van der Waals surface area (Å²) < 4.78 is 10.6. The van der Waals surface area contributed by atoms with Crippen LogP contribution in [0.1, 0.15) is 53.1 Å². The smallest absolute Gasteiger partial charge is 0.338 e. The average Bonchev–Trinajstić information content (AvgIpc) is 3.03. The molecule has 28 heavy (non-hydrogen) atoms. The van der Waals surface area contributed by atoms with Crippen molar-refractivity contribution in [3.8, 4) is 11.8 Å². The van der Waals surface area contributed by atoms with Crippen LogP contribution < -0.4 is 10.1 Å². The molecule has 2 aromatic rings. The van der Waals surface area contributed by atoms with Gasteiger partial charge in [-0.1, -0.05) is 0 Å². The van der Waals surface area contributed by atoms with Gasteiger partial charge in [0.2, 0.25) is 0 Å². The number of benzene rings is 1. The van der Waals surface area contributed by atoms with Crippen LogP contribution in [-0.2, 0) is 22.4 Å². The summed E-state index contributed by atoms with van der Waals surface area (Å²) in [6, 6.07) is 8.76. The minimum Gasteiger partial charge on any atom is -0.491 e. The van der Waals surface area contributed by atoms with Gasteiger partial charge in [0.05, 0.1) is 17.2 Å². The normalized spacial score (nSPS) is 12.8. The number of esters is 1. The SMILES string of the molecule is CC(C)Oc1ccc(C(=O)OCC(=O)Nc2sc3c(c2C#N)CCCC3)cc1. The highest BCUT2D eigenvalue weighted by molar-refractivity contribution is 7.16. The molecule has 0 spiro atoms. The van der Waals surface area contributed by atoms with E-state index in [1.165, 1.54) is 16.2 Å². The van der Waals surface area contributed by atoms with E-state index in [-0.39, 0.29) is 6.10 Å². The minimum absolute atomic E-state index is 0.0442. The molecule has 3 rings (SSSR count). The Hall–Kier alpha value is -2.85. The van der Waals surface area contributed by atoms with Gasteiger partial charge in [0, 0.05) is 4.88 Å². The Kier molecular flexibility index (Phi) is 6.32. The summed E-state index contributed by atoms with van der Waals surface area (Å²) in [7, 11) is 0. The van der Waals surface area contributed by atoms with Crippen LogP contribution in [0.5, 0.6) is 5.75 Å². The summed E-state index contributed by atoms with van der Waals surface area (Å²) in [6.07, 6.45) is 4.02. The number of amides is 1. The molecule has 1 aromatic heterocycles. The maximum atomic E-state index is 12.2. The van der Waals surface area contributed by atoms with Crippen molar-refractivity contribution in [2.75, 3.05) is 11.9 Å². The first kappa shape index (κ1) is 19.9. The molecule has 1 aliphatic carbocycles. The minimum atomic E-state index is -0.586. The Balaban J connectivity index is 1.56. The standard InChI is InChI=1S/C21H22N2O4S/c1-13(2)27-15-9-7-14(8-10-15)21(25)26-12-19(24)23-20-17(11-22)16-5-3-4-6-18(16)28-20/h7-10,13H,3-6,12H2,1-2H3,(H,23,24). The van der Waals surface area contributed by atoms with Crippen LogP contribution in [0.25, 0.3) is 0 Å². The molecule has 6 nitrogen and oxygen atoms in total. The van der Waals surface area contributed by atoms with Gasteiger partial charge >= 0.3 is 5.97 Å². The van der Waals surface area contributed by atoms with Crippen molar-refractivity contribution in [2.24, 2.45) is 0 Å². The van der Waals surface area contributed by atoms with Crippen LogP contribution in [0.4, 0.5) is 5.00 Å². The first-order valence-electron chi connectivity index (χ1n) is 9.26. The number of rotatable bonds is 6. The van der Waals surface area contributed by atoms with Gasteiger partial charge in [-0.3, -0.25) is 4.79 Å². The second-order valence-electron chi connectivity index (χ2n) is 6.84. The Labute approximate surface area is 168 Å². The maximum Gasteiger partial charge on any atom is 0.338 e. The zero-order chi connectivity index (χ0) is 20.1. The van der Waals surface area contributed by atoms with Gasteiger partial charge in [0.15, 0.2) is 6.61 Å². The van der Waals surface area contributed by atoms with Crippen molar-refractivity contribution in [2.45, 2.75) is 45.6 Å². The van der Waals surface area contributed by atoms with Gasteiger partial charge in [0.25, 0.3) is 5.91 Å². The number of nitriles is 1. The fourth-order valence-corrected chi connectivity index (χ4v) is 4.35. The molecule has 7 heteroatoms. The Morgan fingerprint density at radius 2 is 1.93 bits per heavy atom. The molecule has 0 fully saturated rings. The van der Waals surface area contributed by atoms with Crippen LogP contribution in [0.15, 0.2) is 24.3 Å². The monoisotopic (exact) mass is 398 g/mol. The molecule has 1 heterocycles. The van der Waals surface area contributed by atoms with Crippen LogP contribution >= 0.6 is 11.3 Å².